The lowest BCUT2D eigenvalue weighted by atomic mass is 9.96. The Bertz CT molecular complexity index is 1230. The zero-order valence-corrected chi connectivity index (χ0v) is 18.6. The smallest absolute Gasteiger partial charge is 0.340 e. The van der Waals surface area contributed by atoms with Gasteiger partial charge in [-0.15, -0.1) is 0 Å². The lowest BCUT2D eigenvalue weighted by Crippen LogP contribution is -2.14. The second-order valence-corrected chi connectivity index (χ2v) is 8.90. The number of nitrogens with zero attached hydrogens (tertiary/aromatic N) is 3. The largest absolute Gasteiger partial charge is 0.507 e. The third-order valence-corrected chi connectivity index (χ3v) is 5.57. The molecule has 2 aromatic heterocycles. The molecule has 0 atom stereocenters. The molecular formula is C21H25N3O6S. The summed E-state index contributed by atoms with van der Waals surface area (Å²) in [6.45, 7) is 2.01. The predicted octanol–water partition coefficient (Wildman–Crippen LogP) is 2.57. The molecule has 0 saturated carbocycles. The highest BCUT2D eigenvalue weighted by Gasteiger charge is 2.29. The molecule has 10 heteroatoms. The van der Waals surface area contributed by atoms with Crippen LogP contribution in [0.25, 0.3) is 22.0 Å². The first-order chi connectivity index (χ1) is 14.5. The molecule has 166 valence electrons. The number of pyridine rings is 1. The Balaban J connectivity index is 2.47. The molecule has 0 aliphatic rings. The highest BCUT2D eigenvalue weighted by molar-refractivity contribution is 7.85. The van der Waals surface area contributed by atoms with Crippen LogP contribution in [-0.2, 0) is 34.2 Å². The van der Waals surface area contributed by atoms with Crippen molar-refractivity contribution in [3.05, 3.63) is 47.4 Å². The van der Waals surface area contributed by atoms with Crippen LogP contribution in [0.1, 0.15) is 28.5 Å². The number of esters is 1. The Morgan fingerprint density at radius 2 is 2.03 bits per heavy atom. The van der Waals surface area contributed by atoms with E-state index in [1.807, 2.05) is 19.0 Å². The number of carbonyl (C=O) groups excluding carboxylic acids is 1. The maximum absolute atomic E-state index is 12.9. The lowest BCUT2D eigenvalue weighted by Gasteiger charge is -2.17. The van der Waals surface area contributed by atoms with Crippen LogP contribution in [0.4, 0.5) is 0 Å². The molecule has 0 radical (unpaired) electrons. The summed E-state index contributed by atoms with van der Waals surface area (Å²) in [7, 11) is 0.795. The fraction of sp³-hybridized carbons (Fsp3) is 0.333. The molecule has 9 nitrogen and oxygen atoms in total. The fourth-order valence-corrected chi connectivity index (χ4v) is 4.37. The second kappa shape index (κ2) is 8.66. The number of aromatic hydroxyl groups is 1. The Morgan fingerprint density at radius 3 is 2.58 bits per heavy atom. The van der Waals surface area contributed by atoms with Gasteiger partial charge in [-0.25, -0.2) is 4.79 Å². The van der Waals surface area contributed by atoms with E-state index in [4.69, 9.17) is 4.74 Å². The van der Waals surface area contributed by atoms with Gasteiger partial charge in [-0.3, -0.25) is 9.54 Å². The molecule has 3 aromatic rings. The van der Waals surface area contributed by atoms with E-state index in [-0.39, 0.29) is 30.2 Å². The lowest BCUT2D eigenvalue weighted by molar-refractivity contribution is 0.0527. The summed E-state index contributed by atoms with van der Waals surface area (Å²) in [5.41, 5.74) is 2.22. The first-order valence-electron chi connectivity index (χ1n) is 9.58. The quantitative estimate of drug-likeness (QED) is 0.419. The fourth-order valence-electron chi connectivity index (χ4n) is 3.69. The SMILES string of the molecule is CCOC(=O)c1c(CS(=O)(=O)O)n(C)c2cc(-c3cccnc3)c(O)c(CN(C)C)c12. The first-order valence-corrected chi connectivity index (χ1v) is 11.2. The second-order valence-electron chi connectivity index (χ2n) is 7.45. The highest BCUT2D eigenvalue weighted by atomic mass is 32.2. The van der Waals surface area contributed by atoms with Crippen molar-refractivity contribution in [2.75, 3.05) is 20.7 Å². The van der Waals surface area contributed by atoms with Crippen LogP contribution in [0.2, 0.25) is 0 Å². The van der Waals surface area contributed by atoms with Gasteiger partial charge in [-0.05, 0) is 33.2 Å². The number of ether oxygens (including phenoxy) is 1. The van der Waals surface area contributed by atoms with E-state index in [9.17, 15) is 22.9 Å². The zero-order chi connectivity index (χ0) is 22.9. The van der Waals surface area contributed by atoms with E-state index < -0.39 is 21.8 Å². The number of fused-ring (bicyclic) bond motifs is 1. The topological polar surface area (TPSA) is 122 Å². The minimum atomic E-state index is -4.44. The molecular weight excluding hydrogens is 422 g/mol. The van der Waals surface area contributed by atoms with Crippen LogP contribution in [0, 0.1) is 0 Å². The van der Waals surface area contributed by atoms with Crippen molar-refractivity contribution in [1.29, 1.82) is 0 Å². The highest BCUT2D eigenvalue weighted by Crippen LogP contribution is 2.41. The molecule has 3 rings (SSSR count). The van der Waals surface area contributed by atoms with Crippen molar-refractivity contribution in [3.63, 3.8) is 0 Å². The molecule has 0 bridgehead atoms. The minimum Gasteiger partial charge on any atom is -0.507 e. The van der Waals surface area contributed by atoms with Crippen LogP contribution in [0.3, 0.4) is 0 Å². The average Bonchev–Trinajstić information content (AvgIpc) is 2.95. The predicted molar refractivity (Wildman–Crippen MR) is 116 cm³/mol. The number of hydrogen-bond donors (Lipinski definition) is 2. The average molecular weight is 448 g/mol. The Kier molecular flexibility index (Phi) is 6.35. The van der Waals surface area contributed by atoms with Gasteiger partial charge in [-0.1, -0.05) is 6.07 Å². The van der Waals surface area contributed by atoms with Gasteiger partial charge in [0.25, 0.3) is 10.1 Å². The number of benzene rings is 1. The molecule has 0 spiro atoms. The molecule has 2 N–H and O–H groups in total. The van der Waals surface area contributed by atoms with Crippen molar-refractivity contribution in [1.82, 2.24) is 14.5 Å². The van der Waals surface area contributed by atoms with E-state index >= 15 is 0 Å². The first kappa shape index (κ1) is 22.7. The van der Waals surface area contributed by atoms with E-state index in [1.165, 1.54) is 4.57 Å². The van der Waals surface area contributed by atoms with Crippen molar-refractivity contribution in [3.8, 4) is 16.9 Å². The van der Waals surface area contributed by atoms with Crippen molar-refractivity contribution >= 4 is 27.0 Å². The molecule has 31 heavy (non-hydrogen) atoms. The molecule has 2 heterocycles. The molecule has 0 aliphatic carbocycles. The summed E-state index contributed by atoms with van der Waals surface area (Å²) in [4.78, 5) is 18.8. The van der Waals surface area contributed by atoms with E-state index in [2.05, 4.69) is 4.98 Å². The van der Waals surface area contributed by atoms with Crippen LogP contribution in [-0.4, -0.2) is 59.2 Å². The van der Waals surface area contributed by atoms with E-state index in [1.54, 1.807) is 44.6 Å². The number of rotatable bonds is 7. The third kappa shape index (κ3) is 4.55. The van der Waals surface area contributed by atoms with Crippen LogP contribution >= 0.6 is 0 Å². The zero-order valence-electron chi connectivity index (χ0n) is 17.8. The van der Waals surface area contributed by atoms with Gasteiger partial charge in [0.15, 0.2) is 0 Å². The number of aryl methyl sites for hydroxylation is 1. The minimum absolute atomic E-state index is 0.0156. The summed E-state index contributed by atoms with van der Waals surface area (Å²) in [5, 5.41) is 11.6. The van der Waals surface area contributed by atoms with E-state index in [0.717, 1.165) is 0 Å². The van der Waals surface area contributed by atoms with Crippen molar-refractivity contribution in [2.24, 2.45) is 7.05 Å². The van der Waals surface area contributed by atoms with Crippen LogP contribution in [0.5, 0.6) is 5.75 Å². The standard InChI is InChI=1S/C21H25N3O6S/c1-5-30-21(26)19-17(12-31(27,28)29)24(4)16-9-14(13-7-6-8-22-10-13)20(25)15(18(16)19)11-23(2)3/h6-10,25H,5,11-12H2,1-4H3,(H,27,28,29). The Morgan fingerprint density at radius 1 is 1.32 bits per heavy atom. The number of phenols is 1. The number of carbonyl (C=O) groups is 1. The molecule has 0 aliphatic heterocycles. The molecule has 0 fully saturated rings. The van der Waals surface area contributed by atoms with E-state index in [0.29, 0.717) is 27.6 Å². The summed E-state index contributed by atoms with van der Waals surface area (Å²) in [6, 6.07) is 5.21. The maximum atomic E-state index is 12.9. The summed E-state index contributed by atoms with van der Waals surface area (Å²) in [6.07, 6.45) is 3.22. The summed E-state index contributed by atoms with van der Waals surface area (Å²) in [5.74, 6) is -1.53. The van der Waals surface area contributed by atoms with Crippen molar-refractivity contribution < 1.29 is 27.6 Å². The number of aromatic nitrogens is 2. The Labute approximate surface area is 180 Å². The van der Waals surface area contributed by atoms with Crippen LogP contribution < -0.4 is 0 Å². The molecule has 0 unspecified atom stereocenters. The monoisotopic (exact) mass is 447 g/mol. The number of hydrogen-bond acceptors (Lipinski definition) is 7. The van der Waals surface area contributed by atoms with Crippen LogP contribution in [0.15, 0.2) is 30.6 Å². The van der Waals surface area contributed by atoms with Gasteiger partial charge < -0.3 is 19.3 Å². The molecule has 1 aromatic carbocycles. The normalized spacial score (nSPS) is 11.9. The van der Waals surface area contributed by atoms with Gasteiger partial charge in [0.2, 0.25) is 0 Å². The summed E-state index contributed by atoms with van der Waals surface area (Å²) >= 11 is 0. The Hall–Kier alpha value is -2.95. The van der Waals surface area contributed by atoms with Gasteiger partial charge >= 0.3 is 5.97 Å². The van der Waals surface area contributed by atoms with Gasteiger partial charge in [0.1, 0.15) is 11.5 Å². The third-order valence-electron chi connectivity index (χ3n) is 4.93. The maximum Gasteiger partial charge on any atom is 0.340 e. The summed E-state index contributed by atoms with van der Waals surface area (Å²) < 4.78 is 39.6. The van der Waals surface area contributed by atoms with Gasteiger partial charge in [0.05, 0.1) is 23.4 Å². The van der Waals surface area contributed by atoms with Gasteiger partial charge in [0, 0.05) is 48.1 Å². The van der Waals surface area contributed by atoms with Gasteiger partial charge in [-0.2, -0.15) is 8.42 Å². The number of phenolic OH excluding ortho intramolecular Hbond substituents is 1. The molecule has 0 saturated heterocycles. The van der Waals surface area contributed by atoms with Crippen molar-refractivity contribution in [2.45, 2.75) is 19.2 Å². The molecule has 0 amide bonds.